The van der Waals surface area contributed by atoms with Crippen LogP contribution in [0, 0.1) is 0 Å². The Morgan fingerprint density at radius 1 is 1.33 bits per heavy atom. The molecule has 2 heterocycles. The lowest BCUT2D eigenvalue weighted by atomic mass is 10.3. The summed E-state index contributed by atoms with van der Waals surface area (Å²) >= 11 is 1.80. The maximum absolute atomic E-state index is 4.58. The average molecular weight is 302 g/mol. The quantitative estimate of drug-likeness (QED) is 0.760. The minimum Gasteiger partial charge on any atom is -0.333 e. The van der Waals surface area contributed by atoms with Crippen molar-refractivity contribution in [2.75, 3.05) is 11.4 Å². The van der Waals surface area contributed by atoms with Crippen LogP contribution in [0.5, 0.6) is 0 Å². The third kappa shape index (κ3) is 4.02. The van der Waals surface area contributed by atoms with E-state index in [4.69, 9.17) is 0 Å². The number of rotatable bonds is 8. The molecule has 1 aliphatic carbocycles. The lowest BCUT2D eigenvalue weighted by Crippen LogP contribution is -2.26. The van der Waals surface area contributed by atoms with Gasteiger partial charge in [-0.25, -0.2) is 9.97 Å². The van der Waals surface area contributed by atoms with Crippen LogP contribution in [0.4, 0.5) is 5.95 Å². The maximum atomic E-state index is 4.58. The van der Waals surface area contributed by atoms with Crippen molar-refractivity contribution in [1.29, 1.82) is 0 Å². The van der Waals surface area contributed by atoms with Crippen molar-refractivity contribution in [1.82, 2.24) is 15.3 Å². The van der Waals surface area contributed by atoms with Gasteiger partial charge in [-0.1, -0.05) is 13.0 Å². The van der Waals surface area contributed by atoms with Crippen molar-refractivity contribution in [3.05, 3.63) is 40.3 Å². The molecule has 0 aromatic carbocycles. The van der Waals surface area contributed by atoms with Gasteiger partial charge in [0.2, 0.25) is 5.95 Å². The number of hydrogen-bond acceptors (Lipinski definition) is 5. The van der Waals surface area contributed by atoms with E-state index >= 15 is 0 Å². The number of anilines is 1. The highest BCUT2D eigenvalue weighted by atomic mass is 32.1. The first-order valence-electron chi connectivity index (χ1n) is 7.67. The lowest BCUT2D eigenvalue weighted by molar-refractivity contribution is 0.670. The van der Waals surface area contributed by atoms with Crippen molar-refractivity contribution < 1.29 is 0 Å². The summed E-state index contributed by atoms with van der Waals surface area (Å²) in [5.74, 6) is 0.866. The standard InChI is InChI=1S/C16H22N4S/c1-2-7-17-9-13-10-18-16(19-11-13)20(14-5-6-14)12-15-4-3-8-21-15/h3-4,8,10-11,14,17H,2,5-7,9,12H2,1H3. The van der Waals surface area contributed by atoms with Gasteiger partial charge in [-0.3, -0.25) is 0 Å². The molecule has 0 aliphatic heterocycles. The van der Waals surface area contributed by atoms with Crippen LogP contribution in [0.15, 0.2) is 29.9 Å². The van der Waals surface area contributed by atoms with Crippen molar-refractivity contribution in [3.8, 4) is 0 Å². The van der Waals surface area contributed by atoms with E-state index in [2.05, 4.69) is 44.6 Å². The van der Waals surface area contributed by atoms with Gasteiger partial charge in [0.15, 0.2) is 0 Å². The van der Waals surface area contributed by atoms with Crippen LogP contribution in [0.2, 0.25) is 0 Å². The summed E-state index contributed by atoms with van der Waals surface area (Å²) in [5, 5.41) is 5.51. The van der Waals surface area contributed by atoms with Crippen LogP contribution in [0.25, 0.3) is 0 Å². The molecule has 21 heavy (non-hydrogen) atoms. The lowest BCUT2D eigenvalue weighted by Gasteiger charge is -2.21. The predicted molar refractivity (Wildman–Crippen MR) is 87.6 cm³/mol. The molecule has 2 aromatic rings. The van der Waals surface area contributed by atoms with E-state index in [0.717, 1.165) is 37.6 Å². The molecule has 1 saturated carbocycles. The molecule has 3 rings (SSSR count). The van der Waals surface area contributed by atoms with Gasteiger partial charge in [0.25, 0.3) is 0 Å². The zero-order chi connectivity index (χ0) is 14.5. The molecule has 0 atom stereocenters. The van der Waals surface area contributed by atoms with Gasteiger partial charge in [0, 0.05) is 35.4 Å². The summed E-state index contributed by atoms with van der Waals surface area (Å²) in [6.07, 6.45) is 7.57. The molecule has 0 bridgehead atoms. The summed E-state index contributed by atoms with van der Waals surface area (Å²) in [6.45, 7) is 4.98. The highest BCUT2D eigenvalue weighted by Crippen LogP contribution is 2.31. The fourth-order valence-electron chi connectivity index (χ4n) is 2.32. The van der Waals surface area contributed by atoms with Crippen LogP contribution < -0.4 is 10.2 Å². The zero-order valence-corrected chi connectivity index (χ0v) is 13.3. The van der Waals surface area contributed by atoms with Gasteiger partial charge in [-0.2, -0.15) is 0 Å². The normalized spacial score (nSPS) is 14.3. The first kappa shape index (κ1) is 14.5. The molecular weight excluding hydrogens is 280 g/mol. The highest BCUT2D eigenvalue weighted by Gasteiger charge is 2.31. The molecular formula is C16H22N4S. The molecule has 2 aromatic heterocycles. The van der Waals surface area contributed by atoms with Crippen molar-refractivity contribution >= 4 is 17.3 Å². The minimum atomic E-state index is 0.621. The van der Waals surface area contributed by atoms with Crippen LogP contribution in [-0.4, -0.2) is 22.6 Å². The van der Waals surface area contributed by atoms with Gasteiger partial charge < -0.3 is 10.2 Å². The number of nitrogens with one attached hydrogen (secondary N) is 1. The van der Waals surface area contributed by atoms with Crippen LogP contribution in [0.1, 0.15) is 36.6 Å². The molecule has 1 aliphatic rings. The Morgan fingerprint density at radius 3 is 2.76 bits per heavy atom. The summed E-state index contributed by atoms with van der Waals surface area (Å²) < 4.78 is 0. The van der Waals surface area contributed by atoms with E-state index in [-0.39, 0.29) is 0 Å². The van der Waals surface area contributed by atoms with E-state index in [1.54, 1.807) is 11.3 Å². The van der Waals surface area contributed by atoms with Gasteiger partial charge in [0.1, 0.15) is 0 Å². The largest absolute Gasteiger partial charge is 0.333 e. The van der Waals surface area contributed by atoms with Crippen LogP contribution in [0.3, 0.4) is 0 Å². The second-order valence-corrected chi connectivity index (χ2v) is 6.54. The topological polar surface area (TPSA) is 41.1 Å². The smallest absolute Gasteiger partial charge is 0.225 e. The molecule has 0 spiro atoms. The average Bonchev–Trinajstić information content (AvgIpc) is 3.23. The van der Waals surface area contributed by atoms with E-state index in [9.17, 15) is 0 Å². The molecule has 112 valence electrons. The molecule has 0 amide bonds. The number of nitrogens with zero attached hydrogens (tertiary/aromatic N) is 3. The second kappa shape index (κ2) is 7.00. The fraction of sp³-hybridized carbons (Fsp3) is 0.500. The first-order valence-corrected chi connectivity index (χ1v) is 8.55. The Morgan fingerprint density at radius 2 is 2.14 bits per heavy atom. The number of hydrogen-bond donors (Lipinski definition) is 1. The molecule has 1 N–H and O–H groups in total. The number of aromatic nitrogens is 2. The molecule has 4 nitrogen and oxygen atoms in total. The van der Waals surface area contributed by atoms with Gasteiger partial charge >= 0.3 is 0 Å². The Labute approximate surface area is 130 Å². The molecule has 0 radical (unpaired) electrons. The Hall–Kier alpha value is -1.46. The van der Waals surface area contributed by atoms with E-state index in [1.165, 1.54) is 17.7 Å². The molecule has 5 heteroatoms. The van der Waals surface area contributed by atoms with E-state index in [1.807, 2.05) is 12.4 Å². The van der Waals surface area contributed by atoms with Crippen molar-refractivity contribution in [2.24, 2.45) is 0 Å². The van der Waals surface area contributed by atoms with Crippen molar-refractivity contribution in [2.45, 2.75) is 45.3 Å². The highest BCUT2D eigenvalue weighted by molar-refractivity contribution is 7.09. The van der Waals surface area contributed by atoms with Crippen molar-refractivity contribution in [3.63, 3.8) is 0 Å². The van der Waals surface area contributed by atoms with Gasteiger partial charge in [-0.05, 0) is 37.3 Å². The third-order valence-electron chi connectivity index (χ3n) is 3.60. The fourth-order valence-corrected chi connectivity index (χ4v) is 3.02. The van der Waals surface area contributed by atoms with Crippen LogP contribution in [-0.2, 0) is 13.1 Å². The maximum Gasteiger partial charge on any atom is 0.225 e. The van der Waals surface area contributed by atoms with Gasteiger partial charge in [-0.15, -0.1) is 11.3 Å². The minimum absolute atomic E-state index is 0.621. The second-order valence-electron chi connectivity index (χ2n) is 5.51. The monoisotopic (exact) mass is 302 g/mol. The third-order valence-corrected chi connectivity index (χ3v) is 4.46. The van der Waals surface area contributed by atoms with E-state index in [0.29, 0.717) is 6.04 Å². The Balaban J connectivity index is 1.65. The van der Waals surface area contributed by atoms with E-state index < -0.39 is 0 Å². The summed E-state index contributed by atoms with van der Waals surface area (Å²) in [7, 11) is 0. The molecule has 0 saturated heterocycles. The summed E-state index contributed by atoms with van der Waals surface area (Å²) in [5.41, 5.74) is 1.15. The zero-order valence-electron chi connectivity index (χ0n) is 12.5. The van der Waals surface area contributed by atoms with Gasteiger partial charge in [0.05, 0.1) is 6.54 Å². The summed E-state index contributed by atoms with van der Waals surface area (Å²) in [6, 6.07) is 4.91. The predicted octanol–water partition coefficient (Wildman–Crippen LogP) is 3.21. The first-order chi connectivity index (χ1) is 10.4. The Bertz CT molecular complexity index is 534. The molecule has 1 fully saturated rings. The Kier molecular flexibility index (Phi) is 4.83. The van der Waals surface area contributed by atoms with Crippen LogP contribution >= 0.6 is 11.3 Å². The number of thiophene rings is 1. The summed E-state index contributed by atoms with van der Waals surface area (Å²) in [4.78, 5) is 12.9. The molecule has 0 unspecified atom stereocenters. The SMILES string of the molecule is CCCNCc1cnc(N(Cc2cccs2)C2CC2)nc1.